The Balaban J connectivity index is 0.00000364. The average Bonchev–Trinajstić information content (AvgIpc) is 2.94. The summed E-state index contributed by atoms with van der Waals surface area (Å²) in [4.78, 5) is 11.7. The third-order valence-corrected chi connectivity index (χ3v) is 5.73. The molecule has 2 heterocycles. The quantitative estimate of drug-likeness (QED) is 0.253. The van der Waals surface area contributed by atoms with Crippen LogP contribution < -0.4 is 10.6 Å². The standard InChI is InChI=1S/C20H37N5S.HI/c1-20(2,3)17-16-26-18(24-17)10-12-23-19(21-4)22-11-9-15-25-13-7-5-6-8-14-25;/h16H,5-15H2,1-4H3,(H2,21,22,23);1H. The molecular weight excluding hydrogens is 469 g/mol. The lowest BCUT2D eigenvalue weighted by molar-refractivity contribution is 0.282. The van der Waals surface area contributed by atoms with E-state index >= 15 is 0 Å². The molecule has 27 heavy (non-hydrogen) atoms. The van der Waals surface area contributed by atoms with Crippen LogP contribution in [0.1, 0.15) is 63.6 Å². The van der Waals surface area contributed by atoms with Gasteiger partial charge in [0.05, 0.1) is 10.7 Å². The van der Waals surface area contributed by atoms with E-state index in [1.165, 1.54) is 62.4 Å². The van der Waals surface area contributed by atoms with E-state index in [4.69, 9.17) is 4.98 Å². The fourth-order valence-corrected chi connectivity index (χ4v) is 4.17. The van der Waals surface area contributed by atoms with Gasteiger partial charge in [0.15, 0.2) is 5.96 Å². The molecule has 0 saturated carbocycles. The van der Waals surface area contributed by atoms with Crippen LogP contribution in [-0.2, 0) is 11.8 Å². The molecule has 1 aliphatic rings. The number of thiazole rings is 1. The first-order valence-corrected chi connectivity index (χ1v) is 11.0. The Morgan fingerprint density at radius 1 is 1.15 bits per heavy atom. The van der Waals surface area contributed by atoms with Crippen molar-refractivity contribution in [2.24, 2.45) is 4.99 Å². The predicted octanol–water partition coefficient (Wildman–Crippen LogP) is 4.03. The molecule has 1 fully saturated rings. The third kappa shape index (κ3) is 9.56. The van der Waals surface area contributed by atoms with Gasteiger partial charge in [0.2, 0.25) is 0 Å². The monoisotopic (exact) mass is 507 g/mol. The van der Waals surface area contributed by atoms with Crippen LogP contribution in [0, 0.1) is 0 Å². The minimum absolute atomic E-state index is 0. The number of hydrogen-bond acceptors (Lipinski definition) is 4. The molecule has 0 aliphatic carbocycles. The fraction of sp³-hybridized carbons (Fsp3) is 0.800. The first-order valence-electron chi connectivity index (χ1n) is 10.1. The molecule has 5 nitrogen and oxygen atoms in total. The van der Waals surface area contributed by atoms with Crippen molar-refractivity contribution in [2.45, 2.75) is 64.7 Å². The number of halogens is 1. The highest BCUT2D eigenvalue weighted by atomic mass is 127. The van der Waals surface area contributed by atoms with Crippen LogP contribution in [-0.4, -0.2) is 55.6 Å². The number of nitrogens with zero attached hydrogens (tertiary/aromatic N) is 3. The van der Waals surface area contributed by atoms with Crippen molar-refractivity contribution in [3.05, 3.63) is 16.1 Å². The number of nitrogens with one attached hydrogen (secondary N) is 2. The Hall–Kier alpha value is -0.410. The smallest absolute Gasteiger partial charge is 0.190 e. The Kier molecular flexibility index (Phi) is 11.8. The summed E-state index contributed by atoms with van der Waals surface area (Å²) in [5, 5.41) is 10.2. The summed E-state index contributed by atoms with van der Waals surface area (Å²) in [5.41, 5.74) is 1.32. The number of aliphatic imine (C=N–C) groups is 1. The lowest BCUT2D eigenvalue weighted by atomic mass is 9.93. The molecule has 0 unspecified atom stereocenters. The van der Waals surface area contributed by atoms with Crippen LogP contribution in [0.15, 0.2) is 10.4 Å². The molecule has 1 aromatic heterocycles. The summed E-state index contributed by atoms with van der Waals surface area (Å²) in [6, 6.07) is 0. The highest BCUT2D eigenvalue weighted by Gasteiger charge is 2.17. The molecule has 0 bridgehead atoms. The molecule has 0 amide bonds. The third-order valence-electron chi connectivity index (χ3n) is 4.82. The van der Waals surface area contributed by atoms with E-state index in [9.17, 15) is 0 Å². The van der Waals surface area contributed by atoms with Gasteiger partial charge in [-0.3, -0.25) is 4.99 Å². The maximum atomic E-state index is 4.75. The average molecular weight is 508 g/mol. The van der Waals surface area contributed by atoms with Crippen molar-refractivity contribution in [1.82, 2.24) is 20.5 Å². The topological polar surface area (TPSA) is 52.6 Å². The van der Waals surface area contributed by atoms with Gasteiger partial charge in [-0.2, -0.15) is 0 Å². The van der Waals surface area contributed by atoms with E-state index in [0.717, 1.165) is 25.5 Å². The predicted molar refractivity (Wildman–Crippen MR) is 129 cm³/mol. The zero-order valence-electron chi connectivity index (χ0n) is 17.5. The number of likely N-dealkylation sites (tertiary alicyclic amines) is 1. The minimum Gasteiger partial charge on any atom is -0.356 e. The minimum atomic E-state index is 0. The second kappa shape index (κ2) is 12.9. The molecule has 156 valence electrons. The normalized spacial score (nSPS) is 16.5. The van der Waals surface area contributed by atoms with Crippen molar-refractivity contribution in [1.29, 1.82) is 0 Å². The molecular formula is C20H38IN5S. The van der Waals surface area contributed by atoms with Crippen molar-refractivity contribution >= 4 is 41.3 Å². The van der Waals surface area contributed by atoms with E-state index in [0.29, 0.717) is 0 Å². The largest absolute Gasteiger partial charge is 0.356 e. The van der Waals surface area contributed by atoms with E-state index < -0.39 is 0 Å². The Morgan fingerprint density at radius 3 is 2.41 bits per heavy atom. The summed E-state index contributed by atoms with van der Waals surface area (Å²) in [6.45, 7) is 12.2. The zero-order valence-corrected chi connectivity index (χ0v) is 20.7. The molecule has 2 N–H and O–H groups in total. The van der Waals surface area contributed by atoms with Crippen molar-refractivity contribution in [3.63, 3.8) is 0 Å². The molecule has 0 radical (unpaired) electrons. The van der Waals surface area contributed by atoms with Crippen molar-refractivity contribution in [2.75, 3.05) is 39.8 Å². The van der Waals surface area contributed by atoms with Crippen LogP contribution in [0.4, 0.5) is 0 Å². The summed E-state index contributed by atoms with van der Waals surface area (Å²) in [7, 11) is 1.84. The zero-order chi connectivity index (χ0) is 18.8. The molecule has 0 atom stereocenters. The lowest BCUT2D eigenvalue weighted by Gasteiger charge is -2.20. The van der Waals surface area contributed by atoms with E-state index in [-0.39, 0.29) is 29.4 Å². The molecule has 0 spiro atoms. The van der Waals surface area contributed by atoms with Crippen LogP contribution >= 0.6 is 35.3 Å². The Morgan fingerprint density at radius 2 is 1.81 bits per heavy atom. The van der Waals surface area contributed by atoms with E-state index in [1.807, 2.05) is 7.05 Å². The maximum absolute atomic E-state index is 4.75. The molecule has 2 rings (SSSR count). The number of hydrogen-bond donors (Lipinski definition) is 2. The Bertz CT molecular complexity index is 545. The summed E-state index contributed by atoms with van der Waals surface area (Å²) < 4.78 is 0. The van der Waals surface area contributed by atoms with Crippen LogP contribution in [0.2, 0.25) is 0 Å². The first-order chi connectivity index (χ1) is 12.5. The highest BCUT2D eigenvalue weighted by Crippen LogP contribution is 2.23. The van der Waals surface area contributed by atoms with Gasteiger partial charge >= 0.3 is 0 Å². The fourth-order valence-electron chi connectivity index (χ4n) is 3.15. The van der Waals surface area contributed by atoms with Gasteiger partial charge in [0, 0.05) is 37.4 Å². The summed E-state index contributed by atoms with van der Waals surface area (Å²) >= 11 is 1.76. The van der Waals surface area contributed by atoms with Crippen molar-refractivity contribution in [3.8, 4) is 0 Å². The van der Waals surface area contributed by atoms with Gasteiger partial charge in [-0.05, 0) is 38.9 Å². The second-order valence-electron chi connectivity index (χ2n) is 8.16. The second-order valence-corrected chi connectivity index (χ2v) is 9.10. The van der Waals surface area contributed by atoms with Crippen LogP contribution in [0.3, 0.4) is 0 Å². The molecule has 7 heteroatoms. The maximum Gasteiger partial charge on any atom is 0.190 e. The van der Waals surface area contributed by atoms with Crippen molar-refractivity contribution < 1.29 is 0 Å². The van der Waals surface area contributed by atoms with Crippen LogP contribution in [0.25, 0.3) is 0 Å². The van der Waals surface area contributed by atoms with E-state index in [2.05, 4.69) is 46.7 Å². The number of guanidine groups is 1. The van der Waals surface area contributed by atoms with Gasteiger partial charge in [0.25, 0.3) is 0 Å². The molecule has 1 aliphatic heterocycles. The first kappa shape index (κ1) is 24.6. The number of aromatic nitrogens is 1. The summed E-state index contributed by atoms with van der Waals surface area (Å²) in [5.74, 6) is 0.897. The Labute approximate surface area is 186 Å². The summed E-state index contributed by atoms with van der Waals surface area (Å²) in [6.07, 6.45) is 7.65. The molecule has 0 aromatic carbocycles. The van der Waals surface area contributed by atoms with Gasteiger partial charge in [-0.1, -0.05) is 33.6 Å². The van der Waals surface area contributed by atoms with Gasteiger partial charge < -0.3 is 15.5 Å². The van der Waals surface area contributed by atoms with Gasteiger partial charge in [0.1, 0.15) is 0 Å². The molecule has 1 aromatic rings. The number of rotatable bonds is 7. The lowest BCUT2D eigenvalue weighted by Crippen LogP contribution is -2.39. The van der Waals surface area contributed by atoms with Gasteiger partial charge in [-0.25, -0.2) is 4.98 Å². The highest BCUT2D eigenvalue weighted by molar-refractivity contribution is 14.0. The van der Waals surface area contributed by atoms with Crippen LogP contribution in [0.5, 0.6) is 0 Å². The van der Waals surface area contributed by atoms with Gasteiger partial charge in [-0.15, -0.1) is 35.3 Å². The molecule has 1 saturated heterocycles. The SMILES string of the molecule is CN=C(NCCCN1CCCCCC1)NCCc1nc(C(C)(C)C)cs1.I. The van der Waals surface area contributed by atoms with E-state index in [1.54, 1.807) is 11.3 Å².